The van der Waals surface area contributed by atoms with Crippen LogP contribution in [0, 0.1) is 10.8 Å². The second kappa shape index (κ2) is 11.6. The Morgan fingerprint density at radius 2 is 1.56 bits per heavy atom. The van der Waals surface area contributed by atoms with Gasteiger partial charge in [-0.1, -0.05) is 37.0 Å². The van der Waals surface area contributed by atoms with Gasteiger partial charge in [0.1, 0.15) is 0 Å². The molecule has 2 aliphatic carbocycles. The van der Waals surface area contributed by atoms with E-state index in [-0.39, 0.29) is 46.7 Å². The number of pyridine rings is 1. The fourth-order valence-electron chi connectivity index (χ4n) is 5.90. The summed E-state index contributed by atoms with van der Waals surface area (Å²) in [4.78, 5) is 44.0. The van der Waals surface area contributed by atoms with Crippen molar-refractivity contribution in [2.24, 2.45) is 10.8 Å². The summed E-state index contributed by atoms with van der Waals surface area (Å²) >= 11 is 12.3. The van der Waals surface area contributed by atoms with Crippen molar-refractivity contribution in [1.82, 2.24) is 19.7 Å². The second-order valence-electron chi connectivity index (χ2n) is 12.2. The van der Waals surface area contributed by atoms with Crippen LogP contribution in [0.5, 0.6) is 0 Å². The molecule has 2 aromatic heterocycles. The zero-order valence-electron chi connectivity index (χ0n) is 23.1. The Balaban J connectivity index is 1.70. The minimum atomic E-state index is -4.92. The normalized spacial score (nSPS) is 23.3. The Bertz CT molecular complexity index is 1310. The highest BCUT2D eigenvalue weighted by atomic mass is 35.5. The molecule has 0 radical (unpaired) electrons. The number of carboxylic acid groups (broad SMARTS) is 1. The Morgan fingerprint density at radius 3 is 2.07 bits per heavy atom. The quantitative estimate of drug-likeness (QED) is 0.332. The van der Waals surface area contributed by atoms with Crippen molar-refractivity contribution >= 4 is 40.9 Å². The molecule has 2 saturated carbocycles. The van der Waals surface area contributed by atoms with Crippen LogP contribution in [-0.2, 0) is 11.0 Å². The maximum atomic E-state index is 14.5. The standard InChI is InChI=1S/C28H33Cl2F3N4O4/c1-26(2)8-4-16(5-9-26)36(15-21(38)22-19(29)13-34-14-20(22)30)24(39)18-12-35-37(23(18)28(31,32)33)17-6-10-27(3,11-7-17)25(40)41/h12-14,16-17H,4-11,15H2,1-3H3,(H,40,41)/t17-,27-. The molecule has 1 N–H and O–H groups in total. The number of carboxylic acids is 1. The van der Waals surface area contributed by atoms with Crippen LogP contribution >= 0.6 is 23.2 Å². The number of amides is 1. The van der Waals surface area contributed by atoms with Crippen LogP contribution in [0.15, 0.2) is 18.6 Å². The lowest BCUT2D eigenvalue weighted by molar-refractivity contribution is -0.152. The molecule has 0 bridgehead atoms. The number of alkyl halides is 3. The SMILES string of the molecule is CC1(C)CCC(N(CC(=O)c2c(Cl)cncc2Cl)C(=O)c2cnn([C@H]3CC[C@](C)(C(=O)O)CC3)c2C(F)(F)F)CC1. The van der Waals surface area contributed by atoms with Crippen molar-refractivity contribution in [2.75, 3.05) is 6.54 Å². The molecule has 0 aliphatic heterocycles. The van der Waals surface area contributed by atoms with Gasteiger partial charge in [-0.05, 0) is 63.7 Å². The van der Waals surface area contributed by atoms with Crippen LogP contribution < -0.4 is 0 Å². The lowest BCUT2D eigenvalue weighted by Gasteiger charge is -2.40. The molecule has 13 heteroatoms. The maximum absolute atomic E-state index is 14.5. The topological polar surface area (TPSA) is 105 Å². The zero-order chi connectivity index (χ0) is 30.3. The lowest BCUT2D eigenvalue weighted by atomic mass is 9.74. The molecular formula is C28H33Cl2F3N4O4. The number of hydrogen-bond donors (Lipinski definition) is 1. The molecule has 4 rings (SSSR count). The minimum absolute atomic E-state index is 0.000386. The molecule has 224 valence electrons. The Morgan fingerprint density at radius 1 is 1.00 bits per heavy atom. The number of ketones is 1. The molecule has 41 heavy (non-hydrogen) atoms. The average molecular weight is 617 g/mol. The van der Waals surface area contributed by atoms with Gasteiger partial charge in [-0.15, -0.1) is 0 Å². The van der Waals surface area contributed by atoms with Crippen LogP contribution in [0.25, 0.3) is 0 Å². The number of aromatic nitrogens is 3. The predicted octanol–water partition coefficient (Wildman–Crippen LogP) is 7.10. The molecule has 0 unspecified atom stereocenters. The summed E-state index contributed by atoms with van der Waals surface area (Å²) in [6.07, 6.45) is 1.63. The fourth-order valence-corrected chi connectivity index (χ4v) is 6.48. The van der Waals surface area contributed by atoms with Crippen LogP contribution in [0.1, 0.15) is 105 Å². The number of Topliss-reactive ketones (excluding diaryl/α,β-unsaturated/α-hetero) is 1. The summed E-state index contributed by atoms with van der Waals surface area (Å²) in [6.45, 7) is 5.23. The summed E-state index contributed by atoms with van der Waals surface area (Å²) < 4.78 is 44.4. The molecular weight excluding hydrogens is 584 g/mol. The first-order chi connectivity index (χ1) is 19.0. The van der Waals surface area contributed by atoms with Crippen LogP contribution in [0.2, 0.25) is 10.0 Å². The van der Waals surface area contributed by atoms with E-state index >= 15 is 0 Å². The van der Waals surface area contributed by atoms with Gasteiger partial charge in [0.25, 0.3) is 5.91 Å². The first-order valence-corrected chi connectivity index (χ1v) is 14.3. The van der Waals surface area contributed by atoms with Gasteiger partial charge in [0.15, 0.2) is 11.5 Å². The van der Waals surface area contributed by atoms with Crippen molar-refractivity contribution in [3.8, 4) is 0 Å². The number of nitrogens with zero attached hydrogens (tertiary/aromatic N) is 4. The smallest absolute Gasteiger partial charge is 0.433 e. The van der Waals surface area contributed by atoms with E-state index in [2.05, 4.69) is 23.9 Å². The zero-order valence-corrected chi connectivity index (χ0v) is 24.6. The van der Waals surface area contributed by atoms with Gasteiger partial charge < -0.3 is 10.0 Å². The molecule has 0 aromatic carbocycles. The summed E-state index contributed by atoms with van der Waals surface area (Å²) in [5.41, 5.74) is -2.91. The third-order valence-corrected chi connectivity index (χ3v) is 9.24. The average Bonchev–Trinajstić information content (AvgIpc) is 3.33. The highest BCUT2D eigenvalue weighted by molar-refractivity contribution is 6.39. The molecule has 1 amide bonds. The molecule has 0 saturated heterocycles. The number of halogens is 5. The van der Waals surface area contributed by atoms with Crippen molar-refractivity contribution in [3.05, 3.63) is 45.5 Å². The van der Waals surface area contributed by atoms with Crippen molar-refractivity contribution in [3.63, 3.8) is 0 Å². The highest BCUT2D eigenvalue weighted by Crippen LogP contribution is 2.44. The van der Waals surface area contributed by atoms with Crippen molar-refractivity contribution < 1.29 is 32.7 Å². The van der Waals surface area contributed by atoms with Gasteiger partial charge >= 0.3 is 12.1 Å². The maximum Gasteiger partial charge on any atom is 0.433 e. The van der Waals surface area contributed by atoms with Crippen LogP contribution in [0.4, 0.5) is 13.2 Å². The highest BCUT2D eigenvalue weighted by Gasteiger charge is 2.46. The van der Waals surface area contributed by atoms with Crippen molar-refractivity contribution in [1.29, 1.82) is 0 Å². The lowest BCUT2D eigenvalue weighted by Crippen LogP contribution is -2.46. The van der Waals surface area contributed by atoms with Crippen molar-refractivity contribution in [2.45, 2.75) is 90.4 Å². The van der Waals surface area contributed by atoms with Gasteiger partial charge in [0.2, 0.25) is 0 Å². The van der Waals surface area contributed by atoms with E-state index in [1.54, 1.807) is 6.92 Å². The number of rotatable bonds is 7. The molecule has 8 nitrogen and oxygen atoms in total. The third-order valence-electron chi connectivity index (χ3n) is 8.67. The van der Waals surface area contributed by atoms with Gasteiger partial charge in [-0.25, -0.2) is 0 Å². The van der Waals surface area contributed by atoms with E-state index in [4.69, 9.17) is 23.2 Å². The molecule has 0 spiro atoms. The van der Waals surface area contributed by atoms with Gasteiger partial charge in [0, 0.05) is 18.4 Å². The van der Waals surface area contributed by atoms with E-state index < -0.39 is 59.1 Å². The van der Waals surface area contributed by atoms with E-state index in [0.717, 1.165) is 23.7 Å². The monoisotopic (exact) mass is 616 g/mol. The summed E-state index contributed by atoms with van der Waals surface area (Å²) in [7, 11) is 0. The molecule has 2 heterocycles. The molecule has 2 aliphatic rings. The van der Waals surface area contributed by atoms with E-state index in [0.29, 0.717) is 12.8 Å². The summed E-state index contributed by atoms with van der Waals surface area (Å²) in [5, 5.41) is 13.5. The van der Waals surface area contributed by atoms with E-state index in [9.17, 15) is 32.7 Å². The van der Waals surface area contributed by atoms with Gasteiger partial charge in [-0.3, -0.25) is 24.0 Å². The number of aliphatic carboxylic acids is 1. The Kier molecular flexibility index (Phi) is 8.81. The third kappa shape index (κ3) is 6.56. The predicted molar refractivity (Wildman–Crippen MR) is 146 cm³/mol. The number of carbonyl (C=O) groups excluding carboxylic acids is 2. The molecule has 2 fully saturated rings. The first-order valence-electron chi connectivity index (χ1n) is 13.6. The summed E-state index contributed by atoms with van der Waals surface area (Å²) in [5.74, 6) is -2.55. The van der Waals surface area contributed by atoms with Gasteiger partial charge in [-0.2, -0.15) is 18.3 Å². The van der Waals surface area contributed by atoms with Crippen LogP contribution in [0.3, 0.4) is 0 Å². The second-order valence-corrected chi connectivity index (χ2v) is 13.0. The molecule has 0 atom stereocenters. The largest absolute Gasteiger partial charge is 0.481 e. The van der Waals surface area contributed by atoms with Crippen LogP contribution in [-0.4, -0.2) is 55.0 Å². The minimum Gasteiger partial charge on any atom is -0.481 e. The van der Waals surface area contributed by atoms with E-state index in [1.165, 1.54) is 17.3 Å². The first kappa shape index (κ1) is 31.3. The summed E-state index contributed by atoms with van der Waals surface area (Å²) in [6, 6.07) is -1.20. The Labute approximate surface area is 246 Å². The number of carbonyl (C=O) groups is 3. The van der Waals surface area contributed by atoms with E-state index in [1.807, 2.05) is 0 Å². The fraction of sp³-hybridized carbons (Fsp3) is 0.607. The Hall–Kier alpha value is -2.66. The number of hydrogen-bond acceptors (Lipinski definition) is 5. The van der Waals surface area contributed by atoms with Gasteiger partial charge in [0.05, 0.1) is 45.4 Å². The molecule has 2 aromatic rings.